The zero-order valence-corrected chi connectivity index (χ0v) is 19.3. The molecule has 1 aliphatic heterocycles. The van der Waals surface area contributed by atoms with Crippen molar-refractivity contribution in [2.24, 2.45) is 0 Å². The number of likely N-dealkylation sites (N-methyl/N-ethyl adjacent to an activating group) is 1. The number of carbonyl (C=O) groups is 2. The molecule has 1 aliphatic rings. The van der Waals surface area contributed by atoms with Crippen molar-refractivity contribution >= 4 is 17.6 Å². The van der Waals surface area contributed by atoms with Crippen LogP contribution in [0.5, 0.6) is 0 Å². The molecule has 0 spiro atoms. The number of quaternary nitrogens is 1. The van der Waals surface area contributed by atoms with Crippen LogP contribution in [0.3, 0.4) is 0 Å². The first-order chi connectivity index (χ1) is 15.3. The summed E-state index contributed by atoms with van der Waals surface area (Å²) >= 11 is 0. The topological polar surface area (TPSA) is 89.8 Å². The van der Waals surface area contributed by atoms with E-state index in [2.05, 4.69) is 7.05 Å². The second-order valence-corrected chi connectivity index (χ2v) is 8.77. The van der Waals surface area contributed by atoms with E-state index in [1.165, 1.54) is 6.92 Å². The maximum absolute atomic E-state index is 12.5. The molecule has 8 nitrogen and oxygen atoms in total. The number of nitro benzene ring substituents is 1. The molecule has 1 saturated heterocycles. The number of piperazine rings is 1. The summed E-state index contributed by atoms with van der Waals surface area (Å²) in [7, 11) is 2.17. The van der Waals surface area contributed by atoms with Gasteiger partial charge >= 0.3 is 5.97 Å². The molecule has 1 amide bonds. The molecule has 0 bridgehead atoms. The second-order valence-electron chi connectivity index (χ2n) is 8.77. The molecule has 1 aromatic carbocycles. The summed E-state index contributed by atoms with van der Waals surface area (Å²) in [5, 5.41) is 10.8. The number of non-ortho nitro benzene ring substituents is 1. The fraction of sp³-hybridized carbons (Fsp3) is 0.583. The summed E-state index contributed by atoms with van der Waals surface area (Å²) < 4.78 is 5.73. The lowest BCUT2D eigenvalue weighted by Crippen LogP contribution is -2.57. The van der Waals surface area contributed by atoms with Crippen LogP contribution in [0.1, 0.15) is 51.0 Å². The maximum atomic E-state index is 12.5. The van der Waals surface area contributed by atoms with E-state index >= 15 is 0 Å². The Morgan fingerprint density at radius 1 is 1.09 bits per heavy atom. The van der Waals surface area contributed by atoms with Crippen molar-refractivity contribution < 1.29 is 23.7 Å². The van der Waals surface area contributed by atoms with Crippen LogP contribution < -0.4 is 0 Å². The van der Waals surface area contributed by atoms with Crippen LogP contribution in [0.2, 0.25) is 0 Å². The molecule has 1 fully saturated rings. The van der Waals surface area contributed by atoms with Gasteiger partial charge in [-0.3, -0.25) is 19.7 Å². The number of rotatable bonds is 12. The maximum Gasteiger partial charge on any atom is 0.302 e. The number of hydrogen-bond acceptors (Lipinski definition) is 5. The van der Waals surface area contributed by atoms with Gasteiger partial charge in [0.1, 0.15) is 6.54 Å². The number of benzene rings is 1. The number of esters is 1. The smallest absolute Gasteiger partial charge is 0.302 e. The van der Waals surface area contributed by atoms with Crippen molar-refractivity contribution in [3.05, 3.63) is 52.1 Å². The molecule has 0 aliphatic carbocycles. The predicted molar refractivity (Wildman–Crippen MR) is 123 cm³/mol. The van der Waals surface area contributed by atoms with Crippen molar-refractivity contribution in [3.8, 4) is 0 Å². The molecular weight excluding hydrogens is 410 g/mol. The van der Waals surface area contributed by atoms with Crippen molar-refractivity contribution in [2.75, 3.05) is 39.8 Å². The van der Waals surface area contributed by atoms with Crippen LogP contribution in [-0.4, -0.2) is 66.0 Å². The van der Waals surface area contributed by atoms with E-state index < -0.39 is 0 Å². The van der Waals surface area contributed by atoms with Crippen molar-refractivity contribution in [2.45, 2.75) is 52.0 Å². The standard InChI is InChI=1S/C24H36N3O5/c1-21(28)32-19-9-7-5-3-4-6-8-10-24(29)25-15-17-27(2,18-16-25)20-22-11-13-23(14-12-22)26(30)31/h8,10-14H,3-7,9,15-20H2,1-2H3/q+1/b10-8+. The lowest BCUT2D eigenvalue weighted by atomic mass is 10.1. The highest BCUT2D eigenvalue weighted by Gasteiger charge is 2.30. The molecule has 1 heterocycles. The number of nitro groups is 1. The van der Waals surface area contributed by atoms with Gasteiger partial charge in [0.2, 0.25) is 5.91 Å². The minimum Gasteiger partial charge on any atom is -0.466 e. The van der Waals surface area contributed by atoms with E-state index in [0.717, 1.165) is 81.3 Å². The van der Waals surface area contributed by atoms with Gasteiger partial charge in [-0.2, -0.15) is 0 Å². The number of amides is 1. The van der Waals surface area contributed by atoms with Crippen LogP contribution in [-0.2, 0) is 20.9 Å². The zero-order chi connectivity index (χ0) is 23.4. The molecule has 0 radical (unpaired) electrons. The highest BCUT2D eigenvalue weighted by molar-refractivity contribution is 5.87. The number of nitrogens with zero attached hydrogens (tertiary/aromatic N) is 3. The van der Waals surface area contributed by atoms with Gasteiger partial charge in [-0.05, 0) is 37.5 Å². The first kappa shape index (κ1) is 25.5. The van der Waals surface area contributed by atoms with Gasteiger partial charge in [0.15, 0.2) is 0 Å². The van der Waals surface area contributed by atoms with Gasteiger partial charge in [0.05, 0.1) is 44.8 Å². The van der Waals surface area contributed by atoms with Crippen molar-refractivity contribution in [1.29, 1.82) is 0 Å². The Morgan fingerprint density at radius 2 is 1.72 bits per heavy atom. The van der Waals surface area contributed by atoms with Gasteiger partial charge in [-0.15, -0.1) is 0 Å². The Morgan fingerprint density at radius 3 is 2.34 bits per heavy atom. The summed E-state index contributed by atoms with van der Waals surface area (Å²) in [4.78, 5) is 35.5. The second kappa shape index (κ2) is 13.0. The quantitative estimate of drug-likeness (QED) is 0.122. The van der Waals surface area contributed by atoms with Crippen LogP contribution in [0.4, 0.5) is 5.69 Å². The number of allylic oxidation sites excluding steroid dienone is 1. The van der Waals surface area contributed by atoms with Gasteiger partial charge in [0.25, 0.3) is 5.69 Å². The lowest BCUT2D eigenvalue weighted by molar-refractivity contribution is -0.926. The first-order valence-corrected chi connectivity index (χ1v) is 11.4. The molecule has 1 aromatic rings. The summed E-state index contributed by atoms with van der Waals surface area (Å²) in [6, 6.07) is 6.74. The monoisotopic (exact) mass is 446 g/mol. The molecule has 0 atom stereocenters. The Balaban J connectivity index is 1.62. The van der Waals surface area contributed by atoms with Crippen LogP contribution >= 0.6 is 0 Å². The molecule has 32 heavy (non-hydrogen) atoms. The zero-order valence-electron chi connectivity index (χ0n) is 19.3. The van der Waals surface area contributed by atoms with Crippen molar-refractivity contribution in [3.63, 3.8) is 0 Å². The molecular formula is C24H36N3O5+. The molecule has 0 unspecified atom stereocenters. The number of ether oxygens (including phenoxy) is 1. The van der Waals surface area contributed by atoms with Gasteiger partial charge in [-0.1, -0.05) is 25.3 Å². The average molecular weight is 447 g/mol. The molecule has 2 rings (SSSR count). The summed E-state index contributed by atoms with van der Waals surface area (Å²) in [5.41, 5.74) is 1.18. The van der Waals surface area contributed by atoms with Crippen LogP contribution in [0.25, 0.3) is 0 Å². The highest BCUT2D eigenvalue weighted by atomic mass is 16.6. The Hall–Kier alpha value is -2.74. The predicted octanol–water partition coefficient (Wildman–Crippen LogP) is 3.84. The summed E-state index contributed by atoms with van der Waals surface area (Å²) in [6.45, 7) is 5.90. The largest absolute Gasteiger partial charge is 0.466 e. The first-order valence-electron chi connectivity index (χ1n) is 11.4. The SMILES string of the molecule is CC(=O)OCCCCCCC/C=C/C(=O)N1CC[N+](C)(Cc2ccc([N+](=O)[O-])cc2)CC1. The van der Waals surface area contributed by atoms with Crippen molar-refractivity contribution in [1.82, 2.24) is 4.90 Å². The fourth-order valence-electron chi connectivity index (χ4n) is 3.89. The van der Waals surface area contributed by atoms with Gasteiger partial charge in [-0.25, -0.2) is 0 Å². The summed E-state index contributed by atoms with van der Waals surface area (Å²) in [6.07, 6.45) is 9.82. The number of unbranched alkanes of at least 4 members (excludes halogenated alkanes) is 5. The van der Waals surface area contributed by atoms with E-state index in [4.69, 9.17) is 4.74 Å². The Bertz CT molecular complexity index is 783. The minimum absolute atomic E-state index is 0.0768. The third kappa shape index (κ3) is 9.18. The Kier molecular flexibility index (Phi) is 10.3. The number of hydrogen-bond donors (Lipinski definition) is 0. The van der Waals surface area contributed by atoms with E-state index in [0.29, 0.717) is 6.61 Å². The lowest BCUT2D eigenvalue weighted by Gasteiger charge is -2.41. The van der Waals surface area contributed by atoms with Crippen LogP contribution in [0.15, 0.2) is 36.4 Å². The molecule has 0 N–H and O–H groups in total. The fourth-order valence-corrected chi connectivity index (χ4v) is 3.89. The minimum atomic E-state index is -0.383. The number of carbonyl (C=O) groups excluding carboxylic acids is 2. The van der Waals surface area contributed by atoms with Gasteiger partial charge < -0.3 is 14.1 Å². The molecule has 0 saturated carbocycles. The van der Waals surface area contributed by atoms with Gasteiger partial charge in [0, 0.05) is 24.6 Å². The Labute approximate surface area is 190 Å². The normalized spacial score (nSPS) is 15.6. The average Bonchev–Trinajstić information content (AvgIpc) is 2.75. The van der Waals surface area contributed by atoms with E-state index in [9.17, 15) is 19.7 Å². The third-order valence-electron chi connectivity index (χ3n) is 5.92. The molecule has 8 heteroatoms. The van der Waals surface area contributed by atoms with Crippen LogP contribution in [0, 0.1) is 10.1 Å². The molecule has 0 aromatic heterocycles. The van der Waals surface area contributed by atoms with E-state index in [1.54, 1.807) is 18.2 Å². The third-order valence-corrected chi connectivity index (χ3v) is 5.92. The van der Waals surface area contributed by atoms with E-state index in [-0.39, 0.29) is 22.5 Å². The molecule has 176 valence electrons. The van der Waals surface area contributed by atoms with E-state index in [1.807, 2.05) is 23.1 Å². The highest BCUT2D eigenvalue weighted by Crippen LogP contribution is 2.19. The summed E-state index contributed by atoms with van der Waals surface area (Å²) in [5.74, 6) is -0.144.